The first-order valence-corrected chi connectivity index (χ1v) is 10.7. The standard InChI is InChI=1S/C21H24FN3O3S/c22-11-15(13-26)14-27-16-4-6-18-19(10-16)28-20(24-18)7-5-17-12-23-21(29-17)25-8-2-1-3-9-25/h4-7,10,12,15,26H,1-3,8-9,11,13-14H2/b7-5+. The summed E-state index contributed by atoms with van der Waals surface area (Å²) in [5.74, 6) is 0.542. The van der Waals surface area contributed by atoms with E-state index in [0.29, 0.717) is 17.2 Å². The van der Waals surface area contributed by atoms with Gasteiger partial charge in [-0.1, -0.05) is 11.3 Å². The Hall–Kier alpha value is -2.45. The van der Waals surface area contributed by atoms with E-state index in [-0.39, 0.29) is 13.2 Å². The molecule has 1 aromatic carbocycles. The number of aliphatic hydroxyl groups is 1. The van der Waals surface area contributed by atoms with Gasteiger partial charge in [-0.15, -0.1) is 0 Å². The average molecular weight is 418 g/mol. The summed E-state index contributed by atoms with van der Waals surface area (Å²) in [6.07, 6.45) is 9.43. The zero-order valence-corrected chi connectivity index (χ0v) is 16.9. The Labute approximate surface area is 172 Å². The lowest BCUT2D eigenvalue weighted by Crippen LogP contribution is -2.29. The van der Waals surface area contributed by atoms with Crippen molar-refractivity contribution >= 4 is 39.7 Å². The fourth-order valence-electron chi connectivity index (χ4n) is 3.18. The third-order valence-electron chi connectivity index (χ3n) is 4.87. The molecular weight excluding hydrogens is 393 g/mol. The van der Waals surface area contributed by atoms with Crippen molar-refractivity contribution < 1.29 is 18.7 Å². The second kappa shape index (κ2) is 9.37. The number of fused-ring (bicyclic) bond motifs is 1. The number of rotatable bonds is 8. The largest absolute Gasteiger partial charge is 0.493 e. The van der Waals surface area contributed by atoms with E-state index in [2.05, 4.69) is 14.9 Å². The molecule has 154 valence electrons. The molecule has 29 heavy (non-hydrogen) atoms. The number of thiazole rings is 1. The number of halogens is 1. The lowest BCUT2D eigenvalue weighted by Gasteiger charge is -2.25. The molecule has 4 rings (SSSR count). The predicted molar refractivity (Wildman–Crippen MR) is 113 cm³/mol. The minimum atomic E-state index is -0.618. The van der Waals surface area contributed by atoms with Crippen LogP contribution < -0.4 is 9.64 Å². The Morgan fingerprint density at radius 1 is 1.28 bits per heavy atom. The number of anilines is 1. The Kier molecular flexibility index (Phi) is 6.41. The first-order valence-electron chi connectivity index (χ1n) is 9.84. The topological polar surface area (TPSA) is 71.6 Å². The molecule has 2 aromatic heterocycles. The SMILES string of the molecule is OCC(CF)COc1ccc2nc(/C=C/c3cnc(N4CCCCC4)s3)oc2c1. The molecule has 0 bridgehead atoms. The second-order valence-corrected chi connectivity index (χ2v) is 8.16. The Morgan fingerprint density at radius 3 is 2.93 bits per heavy atom. The van der Waals surface area contributed by atoms with Gasteiger partial charge in [-0.2, -0.15) is 0 Å². The molecule has 1 fully saturated rings. The number of hydrogen-bond donors (Lipinski definition) is 1. The summed E-state index contributed by atoms with van der Waals surface area (Å²) in [5, 5.41) is 10.1. The lowest BCUT2D eigenvalue weighted by molar-refractivity contribution is 0.140. The van der Waals surface area contributed by atoms with Gasteiger partial charge in [0.2, 0.25) is 5.89 Å². The van der Waals surface area contributed by atoms with Gasteiger partial charge in [-0.05, 0) is 37.5 Å². The van der Waals surface area contributed by atoms with Gasteiger partial charge in [0.1, 0.15) is 11.3 Å². The molecule has 8 heteroatoms. The van der Waals surface area contributed by atoms with Gasteiger partial charge < -0.3 is 19.2 Å². The minimum Gasteiger partial charge on any atom is -0.493 e. The third-order valence-corrected chi connectivity index (χ3v) is 5.89. The third kappa shape index (κ3) is 4.94. The zero-order valence-electron chi connectivity index (χ0n) is 16.1. The number of aliphatic hydroxyl groups excluding tert-OH is 1. The van der Waals surface area contributed by atoms with Crippen LogP contribution in [0.15, 0.2) is 28.8 Å². The van der Waals surface area contributed by atoms with E-state index in [1.807, 2.05) is 18.3 Å². The van der Waals surface area contributed by atoms with Crippen LogP contribution in [0.2, 0.25) is 0 Å². The normalized spacial score (nSPS) is 16.0. The van der Waals surface area contributed by atoms with E-state index in [1.165, 1.54) is 19.3 Å². The number of benzene rings is 1. The molecule has 3 aromatic rings. The maximum absolute atomic E-state index is 12.7. The summed E-state index contributed by atoms with van der Waals surface area (Å²) in [6.45, 7) is 1.41. The van der Waals surface area contributed by atoms with Crippen molar-refractivity contribution in [3.8, 4) is 5.75 Å². The highest BCUT2D eigenvalue weighted by molar-refractivity contribution is 7.16. The number of nitrogens with zero attached hydrogens (tertiary/aromatic N) is 3. The van der Waals surface area contributed by atoms with Crippen LogP contribution in [0.25, 0.3) is 23.3 Å². The molecule has 1 unspecified atom stereocenters. The Bertz CT molecular complexity index is 961. The van der Waals surface area contributed by atoms with Crippen LogP contribution in [0.1, 0.15) is 30.0 Å². The van der Waals surface area contributed by atoms with Crippen molar-refractivity contribution in [1.82, 2.24) is 9.97 Å². The van der Waals surface area contributed by atoms with Gasteiger partial charge in [0.25, 0.3) is 0 Å². The first kappa shape index (κ1) is 19.8. The van der Waals surface area contributed by atoms with E-state index in [4.69, 9.17) is 14.3 Å². The Morgan fingerprint density at radius 2 is 2.14 bits per heavy atom. The van der Waals surface area contributed by atoms with Crippen LogP contribution in [0.3, 0.4) is 0 Å². The molecule has 1 aliphatic rings. The van der Waals surface area contributed by atoms with Crippen LogP contribution in [0.5, 0.6) is 5.75 Å². The molecule has 0 aliphatic carbocycles. The maximum Gasteiger partial charge on any atom is 0.220 e. The molecule has 1 N–H and O–H groups in total. The van der Waals surface area contributed by atoms with Crippen molar-refractivity contribution in [2.24, 2.45) is 5.92 Å². The molecule has 3 heterocycles. The van der Waals surface area contributed by atoms with E-state index >= 15 is 0 Å². The molecule has 6 nitrogen and oxygen atoms in total. The van der Waals surface area contributed by atoms with E-state index in [0.717, 1.165) is 28.6 Å². The highest BCUT2D eigenvalue weighted by atomic mass is 32.1. The van der Waals surface area contributed by atoms with Gasteiger partial charge >= 0.3 is 0 Å². The molecule has 0 radical (unpaired) electrons. The lowest BCUT2D eigenvalue weighted by atomic mass is 10.1. The number of piperidine rings is 1. The fourth-order valence-corrected chi connectivity index (χ4v) is 4.05. The summed E-state index contributed by atoms with van der Waals surface area (Å²) in [4.78, 5) is 12.4. The monoisotopic (exact) mass is 417 g/mol. The summed E-state index contributed by atoms with van der Waals surface area (Å²) in [6, 6.07) is 5.29. The molecule has 1 aliphatic heterocycles. The highest BCUT2D eigenvalue weighted by Gasteiger charge is 2.14. The van der Waals surface area contributed by atoms with Crippen molar-refractivity contribution in [2.45, 2.75) is 19.3 Å². The van der Waals surface area contributed by atoms with Crippen molar-refractivity contribution in [1.29, 1.82) is 0 Å². The van der Waals surface area contributed by atoms with Gasteiger partial charge in [0, 0.05) is 42.2 Å². The zero-order chi connectivity index (χ0) is 20.1. The quantitative estimate of drug-likeness (QED) is 0.586. The van der Waals surface area contributed by atoms with E-state index < -0.39 is 12.6 Å². The first-order chi connectivity index (χ1) is 14.2. The predicted octanol–water partition coefficient (Wildman–Crippen LogP) is 4.40. The van der Waals surface area contributed by atoms with Crippen molar-refractivity contribution in [3.63, 3.8) is 0 Å². The average Bonchev–Trinajstić information content (AvgIpc) is 3.40. The van der Waals surface area contributed by atoms with Gasteiger partial charge in [-0.25, -0.2) is 9.97 Å². The van der Waals surface area contributed by atoms with Crippen LogP contribution in [0, 0.1) is 5.92 Å². The van der Waals surface area contributed by atoms with Crippen LogP contribution in [0.4, 0.5) is 9.52 Å². The van der Waals surface area contributed by atoms with Gasteiger partial charge in [0.05, 0.1) is 19.9 Å². The fraction of sp³-hybridized carbons (Fsp3) is 0.429. The van der Waals surface area contributed by atoms with Gasteiger partial charge in [0.15, 0.2) is 10.7 Å². The molecular formula is C21H24FN3O3S. The van der Waals surface area contributed by atoms with E-state index in [1.54, 1.807) is 29.5 Å². The summed E-state index contributed by atoms with van der Waals surface area (Å²) in [5.41, 5.74) is 1.32. The van der Waals surface area contributed by atoms with Crippen molar-refractivity contribution in [2.75, 3.05) is 37.9 Å². The van der Waals surface area contributed by atoms with Crippen molar-refractivity contribution in [3.05, 3.63) is 35.2 Å². The molecule has 0 saturated carbocycles. The number of hydrogen-bond acceptors (Lipinski definition) is 7. The van der Waals surface area contributed by atoms with E-state index in [9.17, 15) is 4.39 Å². The number of oxazole rings is 1. The molecule has 1 atom stereocenters. The smallest absolute Gasteiger partial charge is 0.220 e. The summed E-state index contributed by atoms with van der Waals surface area (Å²) in [7, 11) is 0. The Balaban J connectivity index is 1.42. The number of aromatic nitrogens is 2. The highest BCUT2D eigenvalue weighted by Crippen LogP contribution is 2.27. The summed E-state index contributed by atoms with van der Waals surface area (Å²) < 4.78 is 24.0. The second-order valence-electron chi connectivity index (χ2n) is 7.12. The summed E-state index contributed by atoms with van der Waals surface area (Å²) >= 11 is 1.67. The minimum absolute atomic E-state index is 0.115. The number of alkyl halides is 1. The number of ether oxygens (including phenoxy) is 1. The van der Waals surface area contributed by atoms with Crippen LogP contribution in [-0.2, 0) is 0 Å². The van der Waals surface area contributed by atoms with Crippen LogP contribution >= 0.6 is 11.3 Å². The van der Waals surface area contributed by atoms with Gasteiger partial charge in [-0.3, -0.25) is 4.39 Å². The maximum atomic E-state index is 12.7. The molecule has 0 spiro atoms. The molecule has 1 saturated heterocycles. The van der Waals surface area contributed by atoms with Crippen LogP contribution in [-0.4, -0.2) is 48.1 Å². The molecule has 0 amide bonds.